The number of nitrogens with one attached hydrogen (secondary N) is 1. The SMILES string of the molecule is CC1(C)C(Nc2c(C(N)=Nc3ccccc3Cl)cnn3cc(-c4ccncc4C#N)cc23)CC[C@]1(C)N. The van der Waals surface area contributed by atoms with Crippen LogP contribution in [0, 0.1) is 16.7 Å². The molecule has 4 aromatic rings. The first kappa shape index (κ1) is 24.8. The molecule has 9 heteroatoms. The number of anilines is 1. The Morgan fingerprint density at radius 1 is 1.24 bits per heavy atom. The average molecular weight is 513 g/mol. The molecule has 5 rings (SSSR count). The molecule has 1 saturated carbocycles. The van der Waals surface area contributed by atoms with E-state index in [2.05, 4.69) is 47.2 Å². The summed E-state index contributed by atoms with van der Waals surface area (Å²) in [6.07, 6.45) is 8.64. The highest BCUT2D eigenvalue weighted by atomic mass is 35.5. The second-order valence-electron chi connectivity index (χ2n) is 10.3. The van der Waals surface area contributed by atoms with Crippen molar-refractivity contribution in [2.75, 3.05) is 5.32 Å². The molecule has 5 N–H and O–H groups in total. The van der Waals surface area contributed by atoms with Crippen LogP contribution in [0.15, 0.2) is 66.2 Å². The van der Waals surface area contributed by atoms with Gasteiger partial charge >= 0.3 is 0 Å². The minimum absolute atomic E-state index is 0.0921. The molecule has 0 saturated heterocycles. The molecule has 0 bridgehead atoms. The quantitative estimate of drug-likeness (QED) is 0.246. The highest BCUT2D eigenvalue weighted by molar-refractivity contribution is 6.33. The van der Waals surface area contributed by atoms with Crippen LogP contribution in [-0.4, -0.2) is 32.0 Å². The Bertz CT molecular complexity index is 1560. The highest BCUT2D eigenvalue weighted by Crippen LogP contribution is 2.46. The molecular weight excluding hydrogens is 484 g/mol. The van der Waals surface area contributed by atoms with Crippen LogP contribution in [0.2, 0.25) is 5.02 Å². The molecule has 37 heavy (non-hydrogen) atoms. The zero-order chi connectivity index (χ0) is 26.4. The van der Waals surface area contributed by atoms with Gasteiger partial charge in [-0.25, -0.2) is 9.51 Å². The third-order valence-corrected chi connectivity index (χ3v) is 8.19. The van der Waals surface area contributed by atoms with Gasteiger partial charge in [0.1, 0.15) is 11.9 Å². The van der Waals surface area contributed by atoms with E-state index in [0.717, 1.165) is 35.2 Å². The van der Waals surface area contributed by atoms with Crippen molar-refractivity contribution >= 4 is 34.3 Å². The minimum atomic E-state index is -0.322. The first-order chi connectivity index (χ1) is 17.6. The van der Waals surface area contributed by atoms with Gasteiger partial charge in [0, 0.05) is 46.7 Å². The Morgan fingerprint density at radius 3 is 2.73 bits per heavy atom. The van der Waals surface area contributed by atoms with E-state index >= 15 is 0 Å². The minimum Gasteiger partial charge on any atom is -0.383 e. The lowest BCUT2D eigenvalue weighted by Gasteiger charge is -2.39. The molecule has 0 radical (unpaired) electrons. The number of aromatic nitrogens is 3. The molecule has 8 nitrogen and oxygen atoms in total. The molecule has 2 atom stereocenters. The molecule has 0 spiro atoms. The van der Waals surface area contributed by atoms with Gasteiger partial charge in [-0.1, -0.05) is 37.6 Å². The number of aliphatic imine (C=N–C) groups is 1. The Hall–Kier alpha value is -3.93. The van der Waals surface area contributed by atoms with Crippen LogP contribution in [0.1, 0.15) is 44.7 Å². The third-order valence-electron chi connectivity index (χ3n) is 7.87. The van der Waals surface area contributed by atoms with E-state index in [1.165, 1.54) is 0 Å². The lowest BCUT2D eigenvalue weighted by molar-refractivity contribution is 0.215. The van der Waals surface area contributed by atoms with Crippen molar-refractivity contribution in [1.29, 1.82) is 5.26 Å². The maximum absolute atomic E-state index is 9.61. The van der Waals surface area contributed by atoms with E-state index in [0.29, 0.717) is 27.7 Å². The van der Waals surface area contributed by atoms with Crippen LogP contribution < -0.4 is 16.8 Å². The number of para-hydroxylation sites is 1. The number of halogens is 1. The summed E-state index contributed by atoms with van der Waals surface area (Å²) in [6.45, 7) is 6.49. The molecular formula is C28H29ClN8. The predicted molar refractivity (Wildman–Crippen MR) is 148 cm³/mol. The largest absolute Gasteiger partial charge is 0.383 e. The topological polar surface area (TPSA) is 130 Å². The number of rotatable bonds is 5. The summed E-state index contributed by atoms with van der Waals surface area (Å²) in [5, 5.41) is 18.5. The van der Waals surface area contributed by atoms with Gasteiger partial charge in [-0.05, 0) is 44.0 Å². The normalized spacial score (nSPS) is 21.2. The lowest BCUT2D eigenvalue weighted by atomic mass is 9.75. The van der Waals surface area contributed by atoms with Crippen molar-refractivity contribution in [3.05, 3.63) is 77.3 Å². The summed E-state index contributed by atoms with van der Waals surface area (Å²) in [6, 6.07) is 13.4. The molecule has 1 unspecified atom stereocenters. The molecule has 0 amide bonds. The lowest BCUT2D eigenvalue weighted by Crippen LogP contribution is -2.51. The molecule has 1 aliphatic carbocycles. The van der Waals surface area contributed by atoms with Crippen molar-refractivity contribution in [1.82, 2.24) is 14.6 Å². The van der Waals surface area contributed by atoms with E-state index in [1.54, 1.807) is 29.2 Å². The van der Waals surface area contributed by atoms with E-state index < -0.39 is 0 Å². The van der Waals surface area contributed by atoms with Gasteiger partial charge in [-0.3, -0.25) is 4.98 Å². The summed E-state index contributed by atoms with van der Waals surface area (Å²) in [7, 11) is 0. The van der Waals surface area contributed by atoms with Crippen LogP contribution in [0.3, 0.4) is 0 Å². The molecule has 1 aliphatic rings. The van der Waals surface area contributed by atoms with Crippen molar-refractivity contribution in [2.45, 2.75) is 45.2 Å². The Morgan fingerprint density at radius 2 is 2.03 bits per heavy atom. The summed E-state index contributed by atoms with van der Waals surface area (Å²) >= 11 is 6.35. The summed E-state index contributed by atoms with van der Waals surface area (Å²) in [5.74, 6) is 0.293. The maximum Gasteiger partial charge on any atom is 0.135 e. The number of benzene rings is 1. The summed E-state index contributed by atoms with van der Waals surface area (Å²) in [5.41, 5.74) is 17.7. The van der Waals surface area contributed by atoms with Crippen LogP contribution in [0.5, 0.6) is 0 Å². The fraction of sp³-hybridized carbons (Fsp3) is 0.286. The number of amidine groups is 1. The third kappa shape index (κ3) is 4.31. The number of fused-ring (bicyclic) bond motifs is 1. The predicted octanol–water partition coefficient (Wildman–Crippen LogP) is 5.28. The van der Waals surface area contributed by atoms with Gasteiger partial charge in [0.25, 0.3) is 0 Å². The molecule has 1 fully saturated rings. The van der Waals surface area contributed by atoms with Gasteiger partial charge in [-0.15, -0.1) is 0 Å². The first-order valence-corrected chi connectivity index (χ1v) is 12.5. The average Bonchev–Trinajstić information content (AvgIpc) is 3.39. The highest BCUT2D eigenvalue weighted by Gasteiger charge is 2.49. The standard InChI is InChI=1S/C28H29ClN8/c1-27(2)24(8-10-28(27,3)32)36-25-20(26(31)35-22-7-5-4-6-21(22)29)15-34-37-16-17(12-23(25)37)19-9-11-33-14-18(19)13-30/h4-7,9,11-12,14-16,24,36H,8,10,32H2,1-3H3,(H2,31,35)/t24?,28-/m0/s1. The van der Waals surface area contributed by atoms with Crippen molar-refractivity contribution in [2.24, 2.45) is 21.9 Å². The van der Waals surface area contributed by atoms with Gasteiger partial charge < -0.3 is 16.8 Å². The first-order valence-electron chi connectivity index (χ1n) is 12.1. The van der Waals surface area contributed by atoms with Gasteiger partial charge in [0.05, 0.1) is 39.2 Å². The van der Waals surface area contributed by atoms with Crippen molar-refractivity contribution < 1.29 is 0 Å². The second kappa shape index (κ2) is 9.18. The summed E-state index contributed by atoms with van der Waals surface area (Å²) < 4.78 is 1.79. The molecule has 188 valence electrons. The number of hydrogen-bond donors (Lipinski definition) is 3. The molecule has 3 heterocycles. The number of nitrogens with zero attached hydrogens (tertiary/aromatic N) is 5. The van der Waals surface area contributed by atoms with E-state index in [4.69, 9.17) is 23.1 Å². The molecule has 1 aromatic carbocycles. The zero-order valence-electron chi connectivity index (χ0n) is 21.0. The van der Waals surface area contributed by atoms with Gasteiger partial charge in [0.2, 0.25) is 0 Å². The summed E-state index contributed by atoms with van der Waals surface area (Å²) in [4.78, 5) is 8.71. The van der Waals surface area contributed by atoms with E-state index in [1.807, 2.05) is 36.5 Å². The Labute approximate surface area is 221 Å². The number of hydrogen-bond acceptors (Lipinski definition) is 6. The van der Waals surface area contributed by atoms with Crippen molar-refractivity contribution in [3.8, 4) is 17.2 Å². The number of nitrogens with two attached hydrogens (primary N) is 2. The van der Waals surface area contributed by atoms with Crippen molar-refractivity contribution in [3.63, 3.8) is 0 Å². The smallest absolute Gasteiger partial charge is 0.135 e. The van der Waals surface area contributed by atoms with Crippen LogP contribution >= 0.6 is 11.6 Å². The van der Waals surface area contributed by atoms with E-state index in [-0.39, 0.29) is 17.0 Å². The fourth-order valence-electron chi connectivity index (χ4n) is 4.97. The van der Waals surface area contributed by atoms with E-state index in [9.17, 15) is 5.26 Å². The number of nitriles is 1. The van der Waals surface area contributed by atoms with Crippen LogP contribution in [-0.2, 0) is 0 Å². The van der Waals surface area contributed by atoms with Crippen LogP contribution in [0.4, 0.5) is 11.4 Å². The molecule has 0 aliphatic heterocycles. The fourth-order valence-corrected chi connectivity index (χ4v) is 5.15. The zero-order valence-corrected chi connectivity index (χ0v) is 21.8. The Kier molecular flexibility index (Phi) is 6.14. The maximum atomic E-state index is 9.61. The number of pyridine rings is 1. The Balaban J connectivity index is 1.68. The second-order valence-corrected chi connectivity index (χ2v) is 10.8. The van der Waals surface area contributed by atoms with Gasteiger partial charge in [-0.2, -0.15) is 10.4 Å². The monoisotopic (exact) mass is 512 g/mol. The van der Waals surface area contributed by atoms with Gasteiger partial charge in [0.15, 0.2) is 0 Å². The van der Waals surface area contributed by atoms with Crippen LogP contribution in [0.25, 0.3) is 16.6 Å². The molecule has 3 aromatic heterocycles.